The highest BCUT2D eigenvalue weighted by Crippen LogP contribution is 2.26. The molecule has 1 aromatic heterocycles. The van der Waals surface area contributed by atoms with E-state index in [1.165, 1.54) is 0 Å². The van der Waals surface area contributed by atoms with Gasteiger partial charge in [0.05, 0.1) is 17.1 Å². The van der Waals surface area contributed by atoms with E-state index >= 15 is 0 Å². The van der Waals surface area contributed by atoms with Crippen molar-refractivity contribution in [2.24, 2.45) is 0 Å². The van der Waals surface area contributed by atoms with Crippen LogP contribution in [0.15, 0.2) is 30.3 Å². The van der Waals surface area contributed by atoms with Crippen LogP contribution in [0.25, 0.3) is 0 Å². The van der Waals surface area contributed by atoms with Crippen LogP contribution < -0.4 is 10.2 Å². The van der Waals surface area contributed by atoms with Gasteiger partial charge in [-0.15, -0.1) is 0 Å². The largest absolute Gasteiger partial charge is 0.322 e. The number of carbonyl (C=O) groups excluding carboxylic acids is 2. The number of aryl methyl sites for hydroxylation is 1. The molecule has 1 fully saturated rings. The topological polar surface area (TPSA) is 70.5 Å². The standard InChI is InChI=1S/C21H29N5O2/c1-6-24(18-12-13-25(20(18)27)17-10-8-7-9-11-17)21(28)22-19-15(4)23-26(14(2)3)16(19)5/h7-11,14,18H,6,12-13H2,1-5H3,(H,22,28)/t18-/m0/s1. The van der Waals surface area contributed by atoms with E-state index in [1.807, 2.05) is 55.8 Å². The number of rotatable bonds is 5. The molecule has 2 heterocycles. The molecular formula is C21H29N5O2. The third-order valence-electron chi connectivity index (χ3n) is 5.27. The van der Waals surface area contributed by atoms with Gasteiger partial charge in [-0.3, -0.25) is 9.48 Å². The normalized spacial score (nSPS) is 16.7. The Morgan fingerprint density at radius 1 is 1.29 bits per heavy atom. The van der Waals surface area contributed by atoms with Gasteiger partial charge in [-0.2, -0.15) is 5.10 Å². The van der Waals surface area contributed by atoms with Crippen LogP contribution in [0.4, 0.5) is 16.2 Å². The number of nitrogens with zero attached hydrogens (tertiary/aromatic N) is 4. The van der Waals surface area contributed by atoms with Crippen LogP contribution in [0.5, 0.6) is 0 Å². The maximum Gasteiger partial charge on any atom is 0.322 e. The average Bonchev–Trinajstić information content (AvgIpc) is 3.18. The predicted octanol–water partition coefficient (Wildman–Crippen LogP) is 3.74. The van der Waals surface area contributed by atoms with E-state index in [0.717, 1.165) is 22.8 Å². The zero-order valence-corrected chi connectivity index (χ0v) is 17.3. The van der Waals surface area contributed by atoms with Crippen molar-refractivity contribution in [1.29, 1.82) is 0 Å². The van der Waals surface area contributed by atoms with Crippen molar-refractivity contribution < 1.29 is 9.59 Å². The maximum absolute atomic E-state index is 13.0. The number of hydrogen-bond acceptors (Lipinski definition) is 3. The molecule has 1 aliphatic rings. The monoisotopic (exact) mass is 383 g/mol. The molecule has 1 N–H and O–H groups in total. The number of likely N-dealkylation sites (N-methyl/N-ethyl adjacent to an activating group) is 1. The average molecular weight is 383 g/mol. The number of carbonyl (C=O) groups is 2. The fourth-order valence-electron chi connectivity index (χ4n) is 3.85. The van der Waals surface area contributed by atoms with E-state index in [-0.39, 0.29) is 18.0 Å². The quantitative estimate of drug-likeness (QED) is 0.855. The van der Waals surface area contributed by atoms with Gasteiger partial charge in [0, 0.05) is 24.8 Å². The van der Waals surface area contributed by atoms with Gasteiger partial charge in [-0.25, -0.2) is 4.79 Å². The molecule has 3 rings (SSSR count). The molecule has 1 saturated heterocycles. The summed E-state index contributed by atoms with van der Waals surface area (Å²) in [5.41, 5.74) is 3.29. The SMILES string of the molecule is CCN(C(=O)Nc1c(C)nn(C(C)C)c1C)[C@H]1CCN(c2ccccc2)C1=O. The van der Waals surface area contributed by atoms with Crippen LogP contribution in [0.2, 0.25) is 0 Å². The molecule has 0 saturated carbocycles. The Kier molecular flexibility index (Phi) is 5.72. The molecule has 0 radical (unpaired) electrons. The van der Waals surface area contributed by atoms with Crippen molar-refractivity contribution >= 4 is 23.3 Å². The summed E-state index contributed by atoms with van der Waals surface area (Å²) in [4.78, 5) is 29.4. The fourth-order valence-corrected chi connectivity index (χ4v) is 3.85. The van der Waals surface area contributed by atoms with Gasteiger partial charge in [0.1, 0.15) is 6.04 Å². The molecule has 28 heavy (non-hydrogen) atoms. The molecular weight excluding hydrogens is 354 g/mol. The van der Waals surface area contributed by atoms with Crippen LogP contribution in [0.3, 0.4) is 0 Å². The number of para-hydroxylation sites is 1. The van der Waals surface area contributed by atoms with Crippen LogP contribution in [0, 0.1) is 13.8 Å². The molecule has 7 nitrogen and oxygen atoms in total. The van der Waals surface area contributed by atoms with Crippen molar-refractivity contribution in [2.45, 2.75) is 53.1 Å². The highest BCUT2D eigenvalue weighted by molar-refractivity contribution is 6.02. The van der Waals surface area contributed by atoms with E-state index in [2.05, 4.69) is 24.3 Å². The molecule has 0 spiro atoms. The van der Waals surface area contributed by atoms with E-state index in [0.29, 0.717) is 19.5 Å². The van der Waals surface area contributed by atoms with E-state index in [4.69, 9.17) is 0 Å². The molecule has 3 amide bonds. The molecule has 2 aromatic rings. The Balaban J connectivity index is 1.77. The summed E-state index contributed by atoms with van der Waals surface area (Å²) in [7, 11) is 0. The zero-order chi connectivity index (χ0) is 20.4. The molecule has 0 unspecified atom stereocenters. The van der Waals surface area contributed by atoms with Crippen LogP contribution >= 0.6 is 0 Å². The lowest BCUT2D eigenvalue weighted by Gasteiger charge is -2.27. The number of hydrogen-bond donors (Lipinski definition) is 1. The smallest absolute Gasteiger partial charge is 0.313 e. The maximum atomic E-state index is 13.0. The third kappa shape index (κ3) is 3.61. The van der Waals surface area contributed by atoms with Gasteiger partial charge in [0.2, 0.25) is 5.91 Å². The first kappa shape index (κ1) is 19.9. The number of anilines is 2. The number of urea groups is 1. The van der Waals surface area contributed by atoms with E-state index in [1.54, 1.807) is 9.80 Å². The minimum absolute atomic E-state index is 0.0329. The first-order chi connectivity index (χ1) is 13.3. The lowest BCUT2D eigenvalue weighted by Crippen LogP contribution is -2.47. The number of amides is 3. The Morgan fingerprint density at radius 2 is 1.96 bits per heavy atom. The molecule has 1 atom stereocenters. The summed E-state index contributed by atoms with van der Waals surface area (Å²) in [5.74, 6) is -0.0329. The fraction of sp³-hybridized carbons (Fsp3) is 0.476. The van der Waals surface area contributed by atoms with Crippen molar-refractivity contribution in [2.75, 3.05) is 23.3 Å². The lowest BCUT2D eigenvalue weighted by molar-refractivity contribution is -0.120. The van der Waals surface area contributed by atoms with Crippen LogP contribution in [-0.2, 0) is 4.79 Å². The highest BCUT2D eigenvalue weighted by atomic mass is 16.2. The van der Waals surface area contributed by atoms with Crippen molar-refractivity contribution in [1.82, 2.24) is 14.7 Å². The zero-order valence-electron chi connectivity index (χ0n) is 17.3. The Labute approximate surface area is 166 Å². The number of nitrogens with one attached hydrogen (secondary N) is 1. The summed E-state index contributed by atoms with van der Waals surface area (Å²) in [5, 5.41) is 7.51. The first-order valence-corrected chi connectivity index (χ1v) is 9.84. The molecule has 1 aromatic carbocycles. The summed E-state index contributed by atoms with van der Waals surface area (Å²) < 4.78 is 1.90. The molecule has 150 valence electrons. The number of aromatic nitrogens is 2. The Bertz CT molecular complexity index is 859. The summed E-state index contributed by atoms with van der Waals surface area (Å²) in [6.07, 6.45) is 0.623. The van der Waals surface area contributed by atoms with Crippen molar-refractivity contribution in [3.05, 3.63) is 41.7 Å². The molecule has 1 aliphatic heterocycles. The molecule has 7 heteroatoms. The summed E-state index contributed by atoms with van der Waals surface area (Å²) in [6, 6.07) is 9.10. The molecule has 0 bridgehead atoms. The van der Waals surface area contributed by atoms with Gasteiger partial charge < -0.3 is 15.1 Å². The van der Waals surface area contributed by atoms with E-state index < -0.39 is 6.04 Å². The Morgan fingerprint density at radius 3 is 2.54 bits per heavy atom. The summed E-state index contributed by atoms with van der Waals surface area (Å²) in [6.45, 7) is 10.9. The second kappa shape index (κ2) is 8.04. The second-order valence-corrected chi connectivity index (χ2v) is 7.43. The predicted molar refractivity (Wildman–Crippen MR) is 111 cm³/mol. The Hall–Kier alpha value is -2.83. The third-order valence-corrected chi connectivity index (χ3v) is 5.27. The van der Waals surface area contributed by atoms with Gasteiger partial charge >= 0.3 is 6.03 Å². The second-order valence-electron chi connectivity index (χ2n) is 7.43. The van der Waals surface area contributed by atoms with Crippen LogP contribution in [0.1, 0.15) is 44.6 Å². The van der Waals surface area contributed by atoms with Crippen molar-refractivity contribution in [3.8, 4) is 0 Å². The lowest BCUT2D eigenvalue weighted by atomic mass is 10.2. The van der Waals surface area contributed by atoms with E-state index in [9.17, 15) is 9.59 Å². The highest BCUT2D eigenvalue weighted by Gasteiger charge is 2.38. The van der Waals surface area contributed by atoms with Gasteiger partial charge in [0.25, 0.3) is 0 Å². The number of benzene rings is 1. The van der Waals surface area contributed by atoms with Gasteiger partial charge in [0.15, 0.2) is 0 Å². The van der Waals surface area contributed by atoms with Crippen LogP contribution in [-0.4, -0.2) is 45.8 Å². The van der Waals surface area contributed by atoms with Crippen molar-refractivity contribution in [3.63, 3.8) is 0 Å². The van der Waals surface area contributed by atoms with Gasteiger partial charge in [-0.1, -0.05) is 18.2 Å². The first-order valence-electron chi connectivity index (χ1n) is 9.84. The molecule has 0 aliphatic carbocycles. The minimum atomic E-state index is -0.453. The minimum Gasteiger partial charge on any atom is -0.313 e. The summed E-state index contributed by atoms with van der Waals surface area (Å²) >= 11 is 0. The van der Waals surface area contributed by atoms with Gasteiger partial charge in [-0.05, 0) is 53.2 Å².